The van der Waals surface area contributed by atoms with Crippen molar-refractivity contribution in [1.82, 2.24) is 5.32 Å². The van der Waals surface area contributed by atoms with Gasteiger partial charge in [0, 0.05) is 12.7 Å². The van der Waals surface area contributed by atoms with Crippen LogP contribution in [0.2, 0.25) is 0 Å². The zero-order chi connectivity index (χ0) is 15.1. The molecule has 20 heavy (non-hydrogen) atoms. The lowest BCUT2D eigenvalue weighted by atomic mass is 10.3. The summed E-state index contributed by atoms with van der Waals surface area (Å²) in [6.07, 6.45) is 1.37. The molecule has 0 aromatic carbocycles. The van der Waals surface area contributed by atoms with Crippen molar-refractivity contribution < 1.29 is 28.6 Å². The second kappa shape index (κ2) is 7.59. The quantitative estimate of drug-likeness (QED) is 0.720. The molecule has 1 atom stereocenters. The van der Waals surface area contributed by atoms with E-state index in [9.17, 15) is 14.4 Å². The molecule has 0 fully saturated rings. The van der Waals surface area contributed by atoms with Crippen LogP contribution in [0.25, 0.3) is 0 Å². The van der Waals surface area contributed by atoms with Crippen LogP contribution >= 0.6 is 11.8 Å². The molecule has 0 spiro atoms. The van der Waals surface area contributed by atoms with E-state index < -0.39 is 23.9 Å². The molecule has 0 aliphatic rings. The van der Waals surface area contributed by atoms with Gasteiger partial charge in [-0.2, -0.15) is 11.8 Å². The lowest BCUT2D eigenvalue weighted by Gasteiger charge is -2.12. The van der Waals surface area contributed by atoms with Gasteiger partial charge in [0.15, 0.2) is 0 Å². The van der Waals surface area contributed by atoms with Gasteiger partial charge in [0.1, 0.15) is 17.4 Å². The fourth-order valence-corrected chi connectivity index (χ4v) is 2.42. The molecule has 110 valence electrons. The highest BCUT2D eigenvalue weighted by Gasteiger charge is 2.20. The lowest BCUT2D eigenvalue weighted by Crippen LogP contribution is -2.41. The number of hydrogen-bond donors (Lipinski definition) is 2. The summed E-state index contributed by atoms with van der Waals surface area (Å²) in [4.78, 5) is 33.2. The van der Waals surface area contributed by atoms with Gasteiger partial charge in [-0.05, 0) is 6.07 Å². The third kappa shape index (κ3) is 4.61. The van der Waals surface area contributed by atoms with E-state index in [1.54, 1.807) is 0 Å². The maximum absolute atomic E-state index is 11.4. The van der Waals surface area contributed by atoms with Crippen LogP contribution in [0.4, 0.5) is 0 Å². The molecule has 8 heteroatoms. The highest BCUT2D eigenvalue weighted by molar-refractivity contribution is 7.98. The van der Waals surface area contributed by atoms with Gasteiger partial charge in [-0.15, -0.1) is 0 Å². The lowest BCUT2D eigenvalue weighted by molar-refractivity contribution is -0.140. The molecule has 1 rings (SSSR count). The number of rotatable bonds is 7. The van der Waals surface area contributed by atoms with Crippen LogP contribution in [-0.2, 0) is 20.1 Å². The van der Waals surface area contributed by atoms with E-state index in [0.29, 0.717) is 17.1 Å². The number of methoxy groups -OCH3 is 1. The van der Waals surface area contributed by atoms with Crippen molar-refractivity contribution in [1.29, 1.82) is 0 Å². The summed E-state index contributed by atoms with van der Waals surface area (Å²) in [7, 11) is 1.27. The van der Waals surface area contributed by atoms with E-state index in [-0.39, 0.29) is 5.75 Å². The van der Waals surface area contributed by atoms with Crippen molar-refractivity contribution in [2.45, 2.75) is 18.7 Å². The zero-order valence-electron chi connectivity index (χ0n) is 11.0. The van der Waals surface area contributed by atoms with E-state index in [1.165, 1.54) is 38.1 Å². The summed E-state index contributed by atoms with van der Waals surface area (Å²) >= 11 is 1.23. The molecular formula is C12H15NO6S. The summed E-state index contributed by atoms with van der Waals surface area (Å²) in [5.41, 5.74) is 0.311. The standard InChI is InChI=1S/C12H15NO6S/c1-7(14)13-9(11(15)16)5-20-6-10-8(3-4-19-10)12(17)18-2/h3-4,9H,5-6H2,1-2H3,(H,13,14)(H,15,16)/t9-/m0/s1. The number of carbonyl (C=O) groups is 3. The van der Waals surface area contributed by atoms with Crippen LogP contribution in [0.15, 0.2) is 16.7 Å². The Bertz CT molecular complexity index is 498. The minimum atomic E-state index is -1.11. The van der Waals surface area contributed by atoms with Crippen LogP contribution < -0.4 is 5.32 Å². The Morgan fingerprint density at radius 3 is 2.75 bits per heavy atom. The monoisotopic (exact) mass is 301 g/mol. The molecule has 0 radical (unpaired) electrons. The molecule has 2 N–H and O–H groups in total. The number of furan rings is 1. The smallest absolute Gasteiger partial charge is 0.341 e. The van der Waals surface area contributed by atoms with E-state index in [1.807, 2.05) is 0 Å². The highest BCUT2D eigenvalue weighted by atomic mass is 32.2. The number of carbonyl (C=O) groups excluding carboxylic acids is 2. The molecule has 0 saturated carbocycles. The Labute approximate surface area is 119 Å². The SMILES string of the molecule is COC(=O)c1ccoc1CSC[C@H](NC(C)=O)C(=O)O. The van der Waals surface area contributed by atoms with E-state index in [4.69, 9.17) is 9.52 Å². The van der Waals surface area contributed by atoms with Crippen LogP contribution in [0.3, 0.4) is 0 Å². The average molecular weight is 301 g/mol. The third-order valence-electron chi connectivity index (χ3n) is 2.34. The van der Waals surface area contributed by atoms with Crippen molar-refractivity contribution in [2.24, 2.45) is 0 Å². The molecule has 0 aliphatic carbocycles. The molecule has 0 aliphatic heterocycles. The van der Waals surface area contributed by atoms with Gasteiger partial charge >= 0.3 is 11.9 Å². The minimum Gasteiger partial charge on any atom is -0.480 e. The van der Waals surface area contributed by atoms with Crippen molar-refractivity contribution in [3.63, 3.8) is 0 Å². The second-order valence-corrected chi connectivity index (χ2v) is 4.89. The van der Waals surface area contributed by atoms with Crippen molar-refractivity contribution in [3.8, 4) is 0 Å². The Morgan fingerprint density at radius 2 is 2.20 bits per heavy atom. The fourth-order valence-electron chi connectivity index (χ4n) is 1.43. The summed E-state index contributed by atoms with van der Waals surface area (Å²) in [5, 5.41) is 11.3. The summed E-state index contributed by atoms with van der Waals surface area (Å²) in [6.45, 7) is 1.25. The Morgan fingerprint density at radius 1 is 1.50 bits per heavy atom. The van der Waals surface area contributed by atoms with Crippen LogP contribution in [0, 0.1) is 0 Å². The average Bonchev–Trinajstić information content (AvgIpc) is 2.84. The van der Waals surface area contributed by atoms with Gasteiger partial charge in [0.25, 0.3) is 0 Å². The molecule has 1 amide bonds. The number of ether oxygens (including phenoxy) is 1. The van der Waals surface area contributed by atoms with Gasteiger partial charge < -0.3 is 19.6 Å². The van der Waals surface area contributed by atoms with Crippen molar-refractivity contribution in [3.05, 3.63) is 23.7 Å². The van der Waals surface area contributed by atoms with Crippen LogP contribution in [-0.4, -0.2) is 41.9 Å². The topological polar surface area (TPSA) is 106 Å². The number of carboxylic acid groups (broad SMARTS) is 1. The molecule has 1 heterocycles. The van der Waals surface area contributed by atoms with E-state index >= 15 is 0 Å². The molecule has 7 nitrogen and oxygen atoms in total. The molecule has 1 aromatic rings. The maximum atomic E-state index is 11.4. The number of amides is 1. The van der Waals surface area contributed by atoms with Gasteiger partial charge in [-0.25, -0.2) is 9.59 Å². The molecule has 0 bridgehead atoms. The third-order valence-corrected chi connectivity index (χ3v) is 3.38. The number of hydrogen-bond acceptors (Lipinski definition) is 6. The first-order valence-corrected chi connectivity index (χ1v) is 6.83. The van der Waals surface area contributed by atoms with Gasteiger partial charge in [0.05, 0.1) is 19.1 Å². The summed E-state index contributed by atoms with van der Waals surface area (Å²) in [5.74, 6) is -1.15. The zero-order valence-corrected chi connectivity index (χ0v) is 11.9. The van der Waals surface area contributed by atoms with Gasteiger partial charge in [-0.3, -0.25) is 4.79 Å². The molecule has 0 saturated heterocycles. The number of aliphatic carboxylic acids is 1. The van der Waals surface area contributed by atoms with Crippen molar-refractivity contribution >= 4 is 29.6 Å². The predicted octanol–water partition coefficient (Wildman–Crippen LogP) is 0.889. The minimum absolute atomic E-state index is 0.163. The van der Waals surface area contributed by atoms with Crippen LogP contribution in [0.1, 0.15) is 23.0 Å². The first kappa shape index (κ1) is 16.1. The molecular weight excluding hydrogens is 286 g/mol. The Balaban J connectivity index is 2.55. The number of thioether (sulfide) groups is 1. The molecule has 0 unspecified atom stereocenters. The molecule has 1 aromatic heterocycles. The van der Waals surface area contributed by atoms with Crippen molar-refractivity contribution in [2.75, 3.05) is 12.9 Å². The first-order valence-electron chi connectivity index (χ1n) is 5.68. The summed E-state index contributed by atoms with van der Waals surface area (Å²) < 4.78 is 9.75. The highest BCUT2D eigenvalue weighted by Crippen LogP contribution is 2.19. The van der Waals surface area contributed by atoms with E-state index in [2.05, 4.69) is 10.1 Å². The maximum Gasteiger partial charge on any atom is 0.341 e. The van der Waals surface area contributed by atoms with Crippen LogP contribution in [0.5, 0.6) is 0 Å². The number of nitrogens with one attached hydrogen (secondary N) is 1. The Kier molecular flexibility index (Phi) is 6.10. The first-order chi connectivity index (χ1) is 9.45. The van der Waals surface area contributed by atoms with Gasteiger partial charge in [-0.1, -0.05) is 0 Å². The van der Waals surface area contributed by atoms with E-state index in [0.717, 1.165) is 0 Å². The van der Waals surface area contributed by atoms with Gasteiger partial charge in [0.2, 0.25) is 5.91 Å². The normalized spacial score (nSPS) is 11.7. The number of carboxylic acids is 1. The predicted molar refractivity (Wildman–Crippen MR) is 71.5 cm³/mol. The Hall–Kier alpha value is -1.96. The number of esters is 1. The summed E-state index contributed by atoms with van der Waals surface area (Å²) in [6, 6.07) is 0.513. The second-order valence-electron chi connectivity index (χ2n) is 3.86. The fraction of sp³-hybridized carbons (Fsp3) is 0.417. The largest absolute Gasteiger partial charge is 0.480 e.